The monoisotopic (exact) mass is 335 g/mol. The van der Waals surface area contributed by atoms with Crippen molar-refractivity contribution in [3.05, 3.63) is 53.6 Å². The van der Waals surface area contributed by atoms with Crippen LogP contribution in [-0.4, -0.2) is 31.2 Å². The average molecular weight is 335 g/mol. The van der Waals surface area contributed by atoms with Crippen LogP contribution in [0.1, 0.15) is 34.8 Å². The highest BCUT2D eigenvalue weighted by Crippen LogP contribution is 2.36. The predicted octanol–water partition coefficient (Wildman–Crippen LogP) is 2.94. The molecule has 0 bridgehead atoms. The Hall–Kier alpha value is -3.22. The van der Waals surface area contributed by atoms with Gasteiger partial charge in [0.15, 0.2) is 5.82 Å². The average Bonchev–Trinajstić information content (AvgIpc) is 3.34. The molecule has 7 nitrogen and oxygen atoms in total. The number of nitrogens with one attached hydrogen (secondary N) is 1. The second-order valence-corrected chi connectivity index (χ2v) is 6.23. The van der Waals surface area contributed by atoms with Gasteiger partial charge in [0.25, 0.3) is 5.91 Å². The molecule has 0 unspecified atom stereocenters. The number of anilines is 1. The summed E-state index contributed by atoms with van der Waals surface area (Å²) in [6.07, 6.45) is 2.17. The van der Waals surface area contributed by atoms with E-state index in [0.29, 0.717) is 17.6 Å². The van der Waals surface area contributed by atoms with Gasteiger partial charge in [0.2, 0.25) is 0 Å². The summed E-state index contributed by atoms with van der Waals surface area (Å²) in [7, 11) is 0. The van der Waals surface area contributed by atoms with Crippen molar-refractivity contribution in [1.82, 2.24) is 20.2 Å². The van der Waals surface area contributed by atoms with Gasteiger partial charge in [-0.2, -0.15) is 0 Å². The molecule has 0 aliphatic heterocycles. The summed E-state index contributed by atoms with van der Waals surface area (Å²) in [6.45, 7) is 1.87. The fourth-order valence-corrected chi connectivity index (χ4v) is 2.71. The van der Waals surface area contributed by atoms with E-state index in [-0.39, 0.29) is 17.2 Å². The Bertz CT molecular complexity index is 946. The number of nitrogens with zero attached hydrogens (tertiary/aromatic N) is 4. The van der Waals surface area contributed by atoms with E-state index in [0.717, 1.165) is 24.0 Å². The molecule has 1 amide bonds. The van der Waals surface area contributed by atoms with Crippen LogP contribution in [0, 0.1) is 6.92 Å². The Morgan fingerprint density at radius 1 is 1.24 bits per heavy atom. The van der Waals surface area contributed by atoms with Gasteiger partial charge in [-0.05, 0) is 54.5 Å². The molecule has 2 aromatic carbocycles. The largest absolute Gasteiger partial charge is 0.507 e. The number of hydrogen-bond acceptors (Lipinski definition) is 5. The maximum atomic E-state index is 12.5. The highest BCUT2D eigenvalue weighted by atomic mass is 16.3. The standard InChI is InChI=1S/C18H17N5O2/c1-11-5-8-16(24)15(9-11)18(25)19-13-4-2-3-12(10-13)17-20-21-22-23(17)14-6-7-14/h2-5,8-10,14,24H,6-7H2,1H3,(H,19,25). The van der Waals surface area contributed by atoms with Crippen molar-refractivity contribution in [1.29, 1.82) is 0 Å². The van der Waals surface area contributed by atoms with Crippen LogP contribution in [0.3, 0.4) is 0 Å². The number of benzene rings is 2. The number of tetrazole rings is 1. The summed E-state index contributed by atoms with van der Waals surface area (Å²) in [4.78, 5) is 12.5. The lowest BCUT2D eigenvalue weighted by Crippen LogP contribution is -2.12. The first-order chi connectivity index (χ1) is 12.1. The molecule has 0 spiro atoms. The van der Waals surface area contributed by atoms with Gasteiger partial charge in [0.1, 0.15) is 5.75 Å². The Kier molecular flexibility index (Phi) is 3.68. The number of aromatic hydroxyl groups is 1. The summed E-state index contributed by atoms with van der Waals surface area (Å²) < 4.78 is 1.83. The van der Waals surface area contributed by atoms with E-state index in [4.69, 9.17) is 0 Å². The van der Waals surface area contributed by atoms with E-state index in [1.165, 1.54) is 6.07 Å². The molecule has 0 saturated heterocycles. The van der Waals surface area contributed by atoms with E-state index < -0.39 is 0 Å². The quantitative estimate of drug-likeness (QED) is 0.764. The SMILES string of the molecule is Cc1ccc(O)c(C(=O)Nc2cccc(-c3nnnn3C3CC3)c2)c1. The van der Waals surface area contributed by atoms with Gasteiger partial charge in [-0.3, -0.25) is 4.79 Å². The van der Waals surface area contributed by atoms with Crippen LogP contribution < -0.4 is 5.32 Å². The van der Waals surface area contributed by atoms with Crippen molar-refractivity contribution in [3.8, 4) is 17.1 Å². The smallest absolute Gasteiger partial charge is 0.259 e. The van der Waals surface area contributed by atoms with E-state index in [1.807, 2.05) is 29.8 Å². The molecular weight excluding hydrogens is 318 g/mol. The molecular formula is C18H17N5O2. The number of carbonyl (C=O) groups excluding carboxylic acids is 1. The predicted molar refractivity (Wildman–Crippen MR) is 92.3 cm³/mol. The van der Waals surface area contributed by atoms with E-state index in [1.54, 1.807) is 18.2 Å². The summed E-state index contributed by atoms with van der Waals surface area (Å²) >= 11 is 0. The number of aromatic nitrogens is 4. The summed E-state index contributed by atoms with van der Waals surface area (Å²) in [5.41, 5.74) is 2.60. The third-order valence-electron chi connectivity index (χ3n) is 4.16. The van der Waals surface area contributed by atoms with Gasteiger partial charge in [-0.15, -0.1) is 5.10 Å². The second-order valence-electron chi connectivity index (χ2n) is 6.23. The molecule has 2 N–H and O–H groups in total. The molecule has 1 aromatic heterocycles. The summed E-state index contributed by atoms with van der Waals surface area (Å²) in [5, 5.41) is 24.6. The number of rotatable bonds is 4. The number of aryl methyl sites for hydroxylation is 1. The zero-order chi connectivity index (χ0) is 17.4. The number of carbonyl (C=O) groups is 1. The van der Waals surface area contributed by atoms with Gasteiger partial charge >= 0.3 is 0 Å². The van der Waals surface area contributed by atoms with E-state index in [9.17, 15) is 9.90 Å². The second kappa shape index (κ2) is 6.01. The number of amides is 1. The van der Waals surface area contributed by atoms with Crippen molar-refractivity contribution in [2.45, 2.75) is 25.8 Å². The van der Waals surface area contributed by atoms with Crippen molar-refractivity contribution in [3.63, 3.8) is 0 Å². The lowest BCUT2D eigenvalue weighted by atomic mass is 10.1. The molecule has 4 rings (SSSR count). The van der Waals surface area contributed by atoms with Crippen molar-refractivity contribution >= 4 is 11.6 Å². The minimum Gasteiger partial charge on any atom is -0.507 e. The lowest BCUT2D eigenvalue weighted by molar-refractivity contribution is 0.102. The van der Waals surface area contributed by atoms with Crippen LogP contribution in [0.4, 0.5) is 5.69 Å². The molecule has 1 fully saturated rings. The third-order valence-corrected chi connectivity index (χ3v) is 4.16. The first-order valence-corrected chi connectivity index (χ1v) is 8.11. The van der Waals surface area contributed by atoms with Crippen LogP contribution in [-0.2, 0) is 0 Å². The number of phenols is 1. The maximum Gasteiger partial charge on any atom is 0.259 e. The van der Waals surface area contributed by atoms with Gasteiger partial charge in [-0.25, -0.2) is 4.68 Å². The van der Waals surface area contributed by atoms with E-state index >= 15 is 0 Å². The Morgan fingerprint density at radius 2 is 2.08 bits per heavy atom. The van der Waals surface area contributed by atoms with Crippen LogP contribution in [0.5, 0.6) is 5.75 Å². The van der Waals surface area contributed by atoms with Crippen LogP contribution >= 0.6 is 0 Å². The van der Waals surface area contributed by atoms with Crippen LogP contribution in [0.15, 0.2) is 42.5 Å². The first-order valence-electron chi connectivity index (χ1n) is 8.11. The van der Waals surface area contributed by atoms with Crippen LogP contribution in [0.25, 0.3) is 11.4 Å². The zero-order valence-electron chi connectivity index (χ0n) is 13.7. The molecule has 1 saturated carbocycles. The Morgan fingerprint density at radius 3 is 2.88 bits per heavy atom. The maximum absolute atomic E-state index is 12.5. The number of hydrogen-bond donors (Lipinski definition) is 2. The minimum absolute atomic E-state index is 0.0445. The molecule has 1 heterocycles. The fourth-order valence-electron chi connectivity index (χ4n) is 2.71. The minimum atomic E-state index is -0.361. The third kappa shape index (κ3) is 3.08. The van der Waals surface area contributed by atoms with Crippen molar-refractivity contribution < 1.29 is 9.90 Å². The van der Waals surface area contributed by atoms with E-state index in [2.05, 4.69) is 20.8 Å². The molecule has 1 aliphatic rings. The molecule has 7 heteroatoms. The van der Waals surface area contributed by atoms with Gasteiger partial charge in [0.05, 0.1) is 11.6 Å². The highest BCUT2D eigenvalue weighted by Gasteiger charge is 2.28. The summed E-state index contributed by atoms with van der Waals surface area (Å²) in [6, 6.07) is 12.7. The summed E-state index contributed by atoms with van der Waals surface area (Å²) in [5.74, 6) is 0.286. The lowest BCUT2D eigenvalue weighted by Gasteiger charge is -2.09. The first kappa shape index (κ1) is 15.3. The zero-order valence-corrected chi connectivity index (χ0v) is 13.7. The molecule has 25 heavy (non-hydrogen) atoms. The number of phenolic OH excluding ortho intramolecular Hbond substituents is 1. The van der Waals surface area contributed by atoms with Gasteiger partial charge in [0, 0.05) is 11.3 Å². The van der Waals surface area contributed by atoms with Crippen LogP contribution in [0.2, 0.25) is 0 Å². The van der Waals surface area contributed by atoms with Gasteiger partial charge in [-0.1, -0.05) is 23.8 Å². The topological polar surface area (TPSA) is 92.9 Å². The Balaban J connectivity index is 1.60. The highest BCUT2D eigenvalue weighted by molar-refractivity contribution is 6.06. The molecule has 0 radical (unpaired) electrons. The van der Waals surface area contributed by atoms with Crippen molar-refractivity contribution in [2.24, 2.45) is 0 Å². The van der Waals surface area contributed by atoms with Crippen molar-refractivity contribution in [2.75, 3.05) is 5.32 Å². The molecule has 1 aliphatic carbocycles. The van der Waals surface area contributed by atoms with Gasteiger partial charge < -0.3 is 10.4 Å². The molecule has 0 atom stereocenters. The molecule has 3 aromatic rings. The fraction of sp³-hybridized carbons (Fsp3) is 0.222. The normalized spacial score (nSPS) is 13.6. The molecule has 126 valence electrons. The Labute approximate surface area is 144 Å².